The third kappa shape index (κ3) is 3.83. The van der Waals surface area contributed by atoms with Gasteiger partial charge in [0.2, 0.25) is 0 Å². The SMILES string of the molecule is CCCNC(C1=CCCCC1)C(OCC)C1CC1. The summed E-state index contributed by atoms with van der Waals surface area (Å²) in [6.07, 6.45) is 12.1. The fourth-order valence-corrected chi connectivity index (χ4v) is 3.03. The Bertz CT molecular complexity index is 270. The molecule has 0 aromatic carbocycles. The topological polar surface area (TPSA) is 21.3 Å². The minimum absolute atomic E-state index is 0.422. The molecule has 2 heteroatoms. The number of hydrogen-bond acceptors (Lipinski definition) is 2. The molecule has 0 radical (unpaired) electrons. The molecule has 0 aliphatic heterocycles. The van der Waals surface area contributed by atoms with E-state index in [4.69, 9.17) is 4.74 Å². The van der Waals surface area contributed by atoms with Crippen LogP contribution in [0.25, 0.3) is 0 Å². The van der Waals surface area contributed by atoms with Gasteiger partial charge in [-0.25, -0.2) is 0 Å². The monoisotopic (exact) mass is 251 g/mol. The molecule has 1 N–H and O–H groups in total. The Labute approximate surface area is 112 Å². The summed E-state index contributed by atoms with van der Waals surface area (Å²) in [6, 6.07) is 0.484. The highest BCUT2D eigenvalue weighted by Gasteiger charge is 2.38. The van der Waals surface area contributed by atoms with Crippen LogP contribution in [0.2, 0.25) is 0 Å². The van der Waals surface area contributed by atoms with Gasteiger partial charge in [0.05, 0.1) is 12.1 Å². The molecular weight excluding hydrogens is 222 g/mol. The first kappa shape index (κ1) is 14.1. The Hall–Kier alpha value is -0.340. The normalized spacial score (nSPS) is 23.6. The van der Waals surface area contributed by atoms with Gasteiger partial charge in [-0.3, -0.25) is 0 Å². The molecule has 2 nitrogen and oxygen atoms in total. The third-order valence-electron chi connectivity index (χ3n) is 4.11. The molecule has 1 fully saturated rings. The summed E-state index contributed by atoms with van der Waals surface area (Å²) < 4.78 is 6.07. The van der Waals surface area contributed by atoms with Crippen molar-refractivity contribution >= 4 is 0 Å². The Morgan fingerprint density at radius 1 is 1.33 bits per heavy atom. The molecule has 2 aliphatic rings. The van der Waals surface area contributed by atoms with Gasteiger partial charge in [-0.2, -0.15) is 0 Å². The van der Waals surface area contributed by atoms with Crippen LogP contribution in [0.3, 0.4) is 0 Å². The molecule has 0 saturated heterocycles. The molecule has 2 rings (SSSR count). The third-order valence-corrected chi connectivity index (χ3v) is 4.11. The van der Waals surface area contributed by atoms with E-state index in [2.05, 4.69) is 25.2 Å². The minimum Gasteiger partial charge on any atom is -0.376 e. The van der Waals surface area contributed by atoms with E-state index >= 15 is 0 Å². The van der Waals surface area contributed by atoms with Gasteiger partial charge in [-0.15, -0.1) is 0 Å². The highest BCUT2D eigenvalue weighted by molar-refractivity contribution is 5.17. The summed E-state index contributed by atoms with van der Waals surface area (Å²) in [5.41, 5.74) is 1.63. The lowest BCUT2D eigenvalue weighted by Crippen LogP contribution is -2.44. The molecule has 104 valence electrons. The van der Waals surface area contributed by atoms with Crippen LogP contribution in [0.1, 0.15) is 58.8 Å². The average Bonchev–Trinajstić information content (AvgIpc) is 3.23. The van der Waals surface area contributed by atoms with Crippen molar-refractivity contribution in [2.24, 2.45) is 5.92 Å². The number of ether oxygens (including phenoxy) is 1. The summed E-state index contributed by atoms with van der Waals surface area (Å²) in [4.78, 5) is 0. The second-order valence-electron chi connectivity index (χ2n) is 5.71. The van der Waals surface area contributed by atoms with Gasteiger partial charge in [-0.05, 0) is 64.3 Å². The van der Waals surface area contributed by atoms with E-state index in [1.807, 2.05) is 0 Å². The highest BCUT2D eigenvalue weighted by Crippen LogP contribution is 2.38. The molecule has 0 aromatic heterocycles. The van der Waals surface area contributed by atoms with E-state index in [-0.39, 0.29) is 0 Å². The van der Waals surface area contributed by atoms with Gasteiger partial charge < -0.3 is 10.1 Å². The molecule has 0 spiro atoms. The Kier molecular flexibility index (Phi) is 5.71. The largest absolute Gasteiger partial charge is 0.376 e. The Morgan fingerprint density at radius 2 is 2.17 bits per heavy atom. The van der Waals surface area contributed by atoms with Crippen molar-refractivity contribution in [3.63, 3.8) is 0 Å². The van der Waals surface area contributed by atoms with Crippen molar-refractivity contribution < 1.29 is 4.74 Å². The van der Waals surface area contributed by atoms with E-state index in [0.717, 1.165) is 19.1 Å². The lowest BCUT2D eigenvalue weighted by molar-refractivity contribution is 0.0268. The molecular formula is C16H29NO. The zero-order valence-corrected chi connectivity index (χ0v) is 12.1. The van der Waals surface area contributed by atoms with E-state index < -0.39 is 0 Å². The van der Waals surface area contributed by atoms with Crippen LogP contribution in [-0.2, 0) is 4.74 Å². The van der Waals surface area contributed by atoms with Gasteiger partial charge in [0.15, 0.2) is 0 Å². The van der Waals surface area contributed by atoms with Crippen LogP contribution < -0.4 is 5.32 Å². The second-order valence-corrected chi connectivity index (χ2v) is 5.71. The second kappa shape index (κ2) is 7.30. The molecule has 2 atom stereocenters. The maximum atomic E-state index is 6.07. The molecule has 0 amide bonds. The van der Waals surface area contributed by atoms with E-state index in [9.17, 15) is 0 Å². The van der Waals surface area contributed by atoms with Crippen LogP contribution in [0.5, 0.6) is 0 Å². The van der Waals surface area contributed by atoms with E-state index in [1.54, 1.807) is 5.57 Å². The molecule has 18 heavy (non-hydrogen) atoms. The van der Waals surface area contributed by atoms with Gasteiger partial charge in [-0.1, -0.05) is 18.6 Å². The molecule has 0 heterocycles. The standard InChI is InChI=1S/C16H29NO/c1-3-12-17-15(13-8-6-5-7-9-13)16(18-4-2)14-10-11-14/h8,14-17H,3-7,9-12H2,1-2H3. The van der Waals surface area contributed by atoms with Crippen molar-refractivity contribution in [1.82, 2.24) is 5.32 Å². The van der Waals surface area contributed by atoms with Crippen LogP contribution in [-0.4, -0.2) is 25.3 Å². The Morgan fingerprint density at radius 3 is 2.72 bits per heavy atom. The fraction of sp³-hybridized carbons (Fsp3) is 0.875. The summed E-state index contributed by atoms with van der Waals surface area (Å²) >= 11 is 0. The summed E-state index contributed by atoms with van der Waals surface area (Å²) in [5, 5.41) is 3.75. The lowest BCUT2D eigenvalue weighted by Gasteiger charge is -2.32. The first-order valence-electron chi connectivity index (χ1n) is 7.90. The van der Waals surface area contributed by atoms with Crippen LogP contribution in [0.15, 0.2) is 11.6 Å². The van der Waals surface area contributed by atoms with Gasteiger partial charge in [0.1, 0.15) is 0 Å². The number of allylic oxidation sites excluding steroid dienone is 1. The zero-order chi connectivity index (χ0) is 12.8. The summed E-state index contributed by atoms with van der Waals surface area (Å²) in [5.74, 6) is 0.808. The lowest BCUT2D eigenvalue weighted by atomic mass is 9.89. The van der Waals surface area contributed by atoms with Crippen molar-refractivity contribution in [2.45, 2.75) is 70.9 Å². The molecule has 0 bridgehead atoms. The van der Waals surface area contributed by atoms with Crippen molar-refractivity contribution in [1.29, 1.82) is 0 Å². The van der Waals surface area contributed by atoms with E-state index in [1.165, 1.54) is 44.9 Å². The minimum atomic E-state index is 0.422. The summed E-state index contributed by atoms with van der Waals surface area (Å²) in [6.45, 7) is 6.32. The zero-order valence-electron chi connectivity index (χ0n) is 12.1. The fourth-order valence-electron chi connectivity index (χ4n) is 3.03. The van der Waals surface area contributed by atoms with Gasteiger partial charge in [0.25, 0.3) is 0 Å². The maximum absolute atomic E-state index is 6.07. The number of hydrogen-bond donors (Lipinski definition) is 1. The first-order chi connectivity index (χ1) is 8.86. The highest BCUT2D eigenvalue weighted by atomic mass is 16.5. The van der Waals surface area contributed by atoms with Crippen molar-refractivity contribution in [3.05, 3.63) is 11.6 Å². The molecule has 0 aromatic rings. The van der Waals surface area contributed by atoms with Gasteiger partial charge in [0, 0.05) is 6.61 Å². The maximum Gasteiger partial charge on any atom is 0.0794 e. The molecule has 2 unspecified atom stereocenters. The number of rotatable bonds is 8. The predicted octanol–water partition coefficient (Wildman–Crippen LogP) is 3.67. The van der Waals surface area contributed by atoms with Gasteiger partial charge >= 0.3 is 0 Å². The van der Waals surface area contributed by atoms with Crippen molar-refractivity contribution in [3.8, 4) is 0 Å². The Balaban J connectivity index is 2.03. The quantitative estimate of drug-likeness (QED) is 0.665. The van der Waals surface area contributed by atoms with E-state index in [0.29, 0.717) is 12.1 Å². The molecule has 1 saturated carbocycles. The number of nitrogens with one attached hydrogen (secondary N) is 1. The summed E-state index contributed by atoms with van der Waals surface area (Å²) in [7, 11) is 0. The average molecular weight is 251 g/mol. The van der Waals surface area contributed by atoms with Crippen molar-refractivity contribution in [2.75, 3.05) is 13.2 Å². The predicted molar refractivity (Wildman–Crippen MR) is 76.8 cm³/mol. The van der Waals surface area contributed by atoms with Crippen LogP contribution in [0, 0.1) is 5.92 Å². The molecule has 2 aliphatic carbocycles. The first-order valence-corrected chi connectivity index (χ1v) is 7.90. The van der Waals surface area contributed by atoms with Crippen LogP contribution in [0.4, 0.5) is 0 Å². The van der Waals surface area contributed by atoms with Crippen LogP contribution >= 0.6 is 0 Å². The smallest absolute Gasteiger partial charge is 0.0794 e.